The van der Waals surface area contributed by atoms with Crippen LogP contribution in [-0.4, -0.2) is 40.0 Å². The molecule has 6 nitrogen and oxygen atoms in total. The van der Waals surface area contributed by atoms with Crippen molar-refractivity contribution in [3.05, 3.63) is 0 Å². The normalized spacial score (nSPS) is 16.1. The Bertz CT molecular complexity index is 455. The van der Waals surface area contributed by atoms with Gasteiger partial charge in [-0.2, -0.15) is 4.37 Å². The average molecular weight is 299 g/mol. The predicted octanol–water partition coefficient (Wildman–Crippen LogP) is 2.25. The van der Waals surface area contributed by atoms with E-state index >= 15 is 0 Å². The maximum absolute atomic E-state index is 11.9. The van der Waals surface area contributed by atoms with Crippen molar-refractivity contribution in [2.75, 3.05) is 24.6 Å². The molecule has 0 saturated carbocycles. The minimum Gasteiger partial charge on any atom is -0.463 e. The van der Waals surface area contributed by atoms with Crippen LogP contribution in [0.3, 0.4) is 0 Å². The van der Waals surface area contributed by atoms with E-state index in [0.717, 1.165) is 43.5 Å². The number of carbonyl (C=O) groups is 1. The predicted molar refractivity (Wildman–Crippen MR) is 77.3 cm³/mol. The minimum atomic E-state index is -1.06. The largest absolute Gasteiger partial charge is 0.463 e. The van der Waals surface area contributed by atoms with E-state index in [1.807, 2.05) is 0 Å². The highest BCUT2D eigenvalue weighted by atomic mass is 32.1. The monoisotopic (exact) mass is 299 g/mol. The number of hydrogen-bond acceptors (Lipinski definition) is 7. The molecule has 1 aliphatic heterocycles. The van der Waals surface area contributed by atoms with Gasteiger partial charge in [0, 0.05) is 13.1 Å². The van der Waals surface area contributed by atoms with Crippen LogP contribution in [0.2, 0.25) is 0 Å². The third-order valence-electron chi connectivity index (χ3n) is 3.22. The highest BCUT2D eigenvalue weighted by Gasteiger charge is 2.34. The molecule has 0 bridgehead atoms. The Morgan fingerprint density at radius 1 is 1.30 bits per heavy atom. The molecule has 1 aromatic heterocycles. The number of ether oxygens (including phenoxy) is 2. The molecule has 0 aliphatic carbocycles. The summed E-state index contributed by atoms with van der Waals surface area (Å²) in [6.07, 6.45) is 3.55. The van der Waals surface area contributed by atoms with Crippen LogP contribution in [0, 0.1) is 0 Å². The summed E-state index contributed by atoms with van der Waals surface area (Å²) in [4.78, 5) is 14.0. The van der Waals surface area contributed by atoms with Crippen LogP contribution >= 0.6 is 11.7 Å². The van der Waals surface area contributed by atoms with Gasteiger partial charge in [0.1, 0.15) is 0 Å². The Labute approximate surface area is 123 Å². The summed E-state index contributed by atoms with van der Waals surface area (Å²) < 4.78 is 19.3. The quantitative estimate of drug-likeness (QED) is 0.777. The van der Waals surface area contributed by atoms with Crippen molar-refractivity contribution in [1.29, 1.82) is 0 Å². The van der Waals surface area contributed by atoms with E-state index in [4.69, 9.17) is 9.47 Å². The molecule has 1 fully saturated rings. The SMILES string of the molecule is CCOC(=O)C(C)(C)Oc1nsnc1N1CCCCC1. The van der Waals surface area contributed by atoms with Crippen molar-refractivity contribution in [3.8, 4) is 5.88 Å². The van der Waals surface area contributed by atoms with Gasteiger partial charge in [-0.25, -0.2) is 4.79 Å². The summed E-state index contributed by atoms with van der Waals surface area (Å²) in [5.41, 5.74) is -1.06. The summed E-state index contributed by atoms with van der Waals surface area (Å²) in [5, 5.41) is 0. The first kappa shape index (κ1) is 15.0. The van der Waals surface area contributed by atoms with Gasteiger partial charge in [-0.1, -0.05) is 0 Å². The molecule has 0 radical (unpaired) electrons. The second-order valence-corrected chi connectivity index (χ2v) is 5.80. The molecule has 0 N–H and O–H groups in total. The van der Waals surface area contributed by atoms with Crippen LogP contribution in [0.5, 0.6) is 5.88 Å². The number of carbonyl (C=O) groups excluding carboxylic acids is 1. The minimum absolute atomic E-state index is 0.333. The van der Waals surface area contributed by atoms with E-state index in [-0.39, 0.29) is 0 Å². The van der Waals surface area contributed by atoms with Gasteiger partial charge in [0.2, 0.25) is 11.4 Å². The van der Waals surface area contributed by atoms with Gasteiger partial charge in [-0.15, -0.1) is 4.37 Å². The summed E-state index contributed by atoms with van der Waals surface area (Å²) in [7, 11) is 0. The lowest BCUT2D eigenvalue weighted by Gasteiger charge is -2.28. The molecule has 0 atom stereocenters. The number of esters is 1. The molecular weight excluding hydrogens is 278 g/mol. The fourth-order valence-corrected chi connectivity index (χ4v) is 2.63. The second kappa shape index (κ2) is 6.39. The van der Waals surface area contributed by atoms with Crippen LogP contribution < -0.4 is 9.64 Å². The molecule has 1 saturated heterocycles. The van der Waals surface area contributed by atoms with Crippen molar-refractivity contribution in [2.45, 2.75) is 45.6 Å². The van der Waals surface area contributed by atoms with Gasteiger partial charge in [0.15, 0.2) is 0 Å². The van der Waals surface area contributed by atoms with Crippen LogP contribution in [0.25, 0.3) is 0 Å². The topological polar surface area (TPSA) is 64.5 Å². The van der Waals surface area contributed by atoms with Gasteiger partial charge in [-0.05, 0) is 40.0 Å². The van der Waals surface area contributed by atoms with Gasteiger partial charge >= 0.3 is 5.97 Å². The Morgan fingerprint density at radius 2 is 2.00 bits per heavy atom. The fraction of sp³-hybridized carbons (Fsp3) is 0.769. The van der Waals surface area contributed by atoms with E-state index in [1.54, 1.807) is 20.8 Å². The molecule has 0 amide bonds. The third kappa shape index (κ3) is 3.39. The number of aromatic nitrogens is 2. The maximum atomic E-state index is 11.9. The molecule has 1 aliphatic rings. The smallest absolute Gasteiger partial charge is 0.349 e. The lowest BCUT2D eigenvalue weighted by molar-refractivity contribution is -0.158. The molecule has 0 unspecified atom stereocenters. The zero-order valence-corrected chi connectivity index (χ0v) is 13.0. The lowest BCUT2D eigenvalue weighted by atomic mass is 10.1. The molecule has 1 aromatic rings. The van der Waals surface area contributed by atoms with Crippen LogP contribution in [-0.2, 0) is 9.53 Å². The first-order valence-corrected chi connectivity index (χ1v) is 7.71. The molecule has 7 heteroatoms. The van der Waals surface area contributed by atoms with Crippen LogP contribution in [0.1, 0.15) is 40.0 Å². The number of rotatable bonds is 5. The van der Waals surface area contributed by atoms with Crippen molar-refractivity contribution in [3.63, 3.8) is 0 Å². The van der Waals surface area contributed by atoms with Crippen molar-refractivity contribution in [2.24, 2.45) is 0 Å². The number of nitrogens with zero attached hydrogens (tertiary/aromatic N) is 3. The molecule has 0 spiro atoms. The van der Waals surface area contributed by atoms with Gasteiger partial charge < -0.3 is 14.4 Å². The number of anilines is 1. The van der Waals surface area contributed by atoms with Crippen LogP contribution in [0.15, 0.2) is 0 Å². The first-order chi connectivity index (χ1) is 9.54. The molecule has 2 heterocycles. The Kier molecular flexibility index (Phi) is 4.80. The van der Waals surface area contributed by atoms with Gasteiger partial charge in [-0.3, -0.25) is 0 Å². The zero-order valence-electron chi connectivity index (χ0n) is 12.2. The Morgan fingerprint density at radius 3 is 2.65 bits per heavy atom. The molecule has 112 valence electrons. The van der Waals surface area contributed by atoms with E-state index < -0.39 is 11.6 Å². The summed E-state index contributed by atoms with van der Waals surface area (Å²) in [6, 6.07) is 0. The first-order valence-electron chi connectivity index (χ1n) is 6.98. The Balaban J connectivity index is 2.09. The van der Waals surface area contributed by atoms with Crippen molar-refractivity contribution < 1.29 is 14.3 Å². The second-order valence-electron chi connectivity index (χ2n) is 5.27. The van der Waals surface area contributed by atoms with Gasteiger partial charge in [0.05, 0.1) is 18.3 Å². The standard InChI is InChI=1S/C13H21N3O3S/c1-4-18-12(17)13(2,3)19-11-10(14-20-15-11)16-8-6-5-7-9-16/h4-9H2,1-3H3. The highest BCUT2D eigenvalue weighted by molar-refractivity contribution is 6.99. The van der Waals surface area contributed by atoms with Crippen molar-refractivity contribution >= 4 is 23.5 Å². The average Bonchev–Trinajstić information content (AvgIpc) is 2.87. The summed E-state index contributed by atoms with van der Waals surface area (Å²) in [5.74, 6) is 0.777. The van der Waals surface area contributed by atoms with E-state index in [9.17, 15) is 4.79 Å². The number of hydrogen-bond donors (Lipinski definition) is 0. The lowest BCUT2D eigenvalue weighted by Crippen LogP contribution is -2.40. The Hall–Kier alpha value is -1.37. The molecular formula is C13H21N3O3S. The van der Waals surface area contributed by atoms with E-state index in [1.165, 1.54) is 6.42 Å². The third-order valence-corrected chi connectivity index (χ3v) is 3.72. The highest BCUT2D eigenvalue weighted by Crippen LogP contribution is 2.31. The fourth-order valence-electron chi connectivity index (χ4n) is 2.13. The summed E-state index contributed by atoms with van der Waals surface area (Å²) in [6.45, 7) is 7.40. The number of piperidine rings is 1. The molecule has 0 aromatic carbocycles. The molecule has 2 rings (SSSR count). The van der Waals surface area contributed by atoms with Gasteiger partial charge in [0.25, 0.3) is 5.88 Å². The van der Waals surface area contributed by atoms with Crippen LogP contribution in [0.4, 0.5) is 5.82 Å². The van der Waals surface area contributed by atoms with E-state index in [2.05, 4.69) is 13.6 Å². The maximum Gasteiger partial charge on any atom is 0.349 e. The summed E-state index contributed by atoms with van der Waals surface area (Å²) >= 11 is 1.11. The zero-order chi connectivity index (χ0) is 14.6. The molecule has 20 heavy (non-hydrogen) atoms. The van der Waals surface area contributed by atoms with Crippen molar-refractivity contribution in [1.82, 2.24) is 8.75 Å². The van der Waals surface area contributed by atoms with E-state index in [0.29, 0.717) is 12.5 Å².